The summed E-state index contributed by atoms with van der Waals surface area (Å²) in [7, 11) is 0.846. The zero-order valence-corrected chi connectivity index (χ0v) is 23.1. The number of aromatic nitrogens is 3. The molecule has 0 bridgehead atoms. The standard InChI is InChI=1S/C27H34F4N6OS/c1-5-17-15-23(18-6-11-22(21(28)14-18)36-39(4,38)13-12-27(29,30)31)34-24-16-32-26(35-25(17)24)33-19-7-9-20(10-8-19)37(2)3/h6,11,14-16,19-20H,4-5,7-10,12-13H2,1-3H3,(H,36,38)(H,32,33,35). The third kappa shape index (κ3) is 7.57. The molecule has 3 aromatic rings. The molecule has 1 saturated carbocycles. The smallest absolute Gasteiger partial charge is 0.351 e. The zero-order valence-electron chi connectivity index (χ0n) is 22.3. The van der Waals surface area contributed by atoms with Crippen molar-refractivity contribution in [3.8, 4) is 11.3 Å². The predicted octanol–water partition coefficient (Wildman–Crippen LogP) is 5.67. The normalized spacial score (nSPS) is 19.7. The molecular formula is C27H34F4N6OS. The predicted molar refractivity (Wildman–Crippen MR) is 150 cm³/mol. The Bertz CT molecular complexity index is 1420. The Morgan fingerprint density at radius 3 is 2.46 bits per heavy atom. The molecule has 12 heteroatoms. The summed E-state index contributed by atoms with van der Waals surface area (Å²) in [5.74, 6) is 2.36. The first-order valence-corrected chi connectivity index (χ1v) is 14.8. The van der Waals surface area contributed by atoms with Gasteiger partial charge in [0.25, 0.3) is 0 Å². The van der Waals surface area contributed by atoms with Crippen molar-refractivity contribution in [3.63, 3.8) is 0 Å². The van der Waals surface area contributed by atoms with Crippen LogP contribution in [0.3, 0.4) is 0 Å². The molecule has 0 saturated heterocycles. The summed E-state index contributed by atoms with van der Waals surface area (Å²) in [6.07, 6.45) is 0.898. The molecule has 4 rings (SSSR count). The molecule has 1 atom stereocenters. The number of alkyl halides is 3. The van der Waals surface area contributed by atoms with Gasteiger partial charge in [0.1, 0.15) is 11.3 Å². The fourth-order valence-corrected chi connectivity index (χ4v) is 6.01. The van der Waals surface area contributed by atoms with Gasteiger partial charge >= 0.3 is 6.18 Å². The molecule has 0 aliphatic heterocycles. The Hall–Kier alpha value is -2.99. The summed E-state index contributed by atoms with van der Waals surface area (Å²) in [6, 6.07) is 6.86. The number of nitrogens with zero attached hydrogens (tertiary/aromatic N) is 4. The van der Waals surface area contributed by atoms with Crippen LogP contribution in [0.1, 0.15) is 44.6 Å². The van der Waals surface area contributed by atoms with E-state index < -0.39 is 33.9 Å². The Morgan fingerprint density at radius 2 is 1.85 bits per heavy atom. The lowest BCUT2D eigenvalue weighted by Gasteiger charge is -2.32. The van der Waals surface area contributed by atoms with Crippen LogP contribution < -0.4 is 10.0 Å². The lowest BCUT2D eigenvalue weighted by Crippen LogP contribution is -2.36. The average Bonchev–Trinajstić information content (AvgIpc) is 2.88. The number of rotatable bonds is 9. The van der Waals surface area contributed by atoms with E-state index in [1.807, 2.05) is 13.0 Å². The van der Waals surface area contributed by atoms with Gasteiger partial charge in [-0.25, -0.2) is 23.6 Å². The van der Waals surface area contributed by atoms with Crippen LogP contribution >= 0.6 is 0 Å². The summed E-state index contributed by atoms with van der Waals surface area (Å²) in [5, 5.41) is 3.46. The molecule has 2 heterocycles. The van der Waals surface area contributed by atoms with Crippen molar-refractivity contribution in [2.24, 2.45) is 0 Å². The number of benzene rings is 1. The van der Waals surface area contributed by atoms with Gasteiger partial charge in [-0.15, -0.1) is 0 Å². The third-order valence-corrected chi connectivity index (χ3v) is 8.50. The van der Waals surface area contributed by atoms with E-state index in [4.69, 9.17) is 4.98 Å². The molecule has 1 unspecified atom stereocenters. The van der Waals surface area contributed by atoms with E-state index in [1.165, 1.54) is 12.1 Å². The van der Waals surface area contributed by atoms with Gasteiger partial charge in [-0.05, 0) is 75.8 Å². The molecule has 0 spiro atoms. The molecule has 39 heavy (non-hydrogen) atoms. The van der Waals surface area contributed by atoms with Crippen molar-refractivity contribution in [2.75, 3.05) is 29.9 Å². The van der Waals surface area contributed by atoms with Gasteiger partial charge in [-0.2, -0.15) is 13.2 Å². The number of anilines is 2. The molecule has 1 aliphatic rings. The zero-order chi connectivity index (χ0) is 28.4. The van der Waals surface area contributed by atoms with Crippen LogP contribution in [0.15, 0.2) is 30.5 Å². The highest BCUT2D eigenvalue weighted by atomic mass is 32.2. The van der Waals surface area contributed by atoms with Crippen LogP contribution in [0.25, 0.3) is 22.3 Å². The van der Waals surface area contributed by atoms with Crippen molar-refractivity contribution in [1.82, 2.24) is 19.9 Å². The number of hydrogen-bond acceptors (Lipinski definition) is 6. The van der Waals surface area contributed by atoms with Crippen LogP contribution in [0, 0.1) is 5.82 Å². The molecule has 2 N–H and O–H groups in total. The van der Waals surface area contributed by atoms with Crippen molar-refractivity contribution in [2.45, 2.75) is 63.7 Å². The Balaban J connectivity index is 1.52. The monoisotopic (exact) mass is 566 g/mol. The minimum Gasteiger partial charge on any atom is -0.351 e. The minimum atomic E-state index is -4.48. The van der Waals surface area contributed by atoms with Crippen LogP contribution in [-0.4, -0.2) is 68.0 Å². The van der Waals surface area contributed by atoms with Gasteiger partial charge in [0.15, 0.2) is 0 Å². The maximum absolute atomic E-state index is 14.9. The number of halogens is 4. The second-order valence-electron chi connectivity index (χ2n) is 10.2. The summed E-state index contributed by atoms with van der Waals surface area (Å²) >= 11 is 0. The summed E-state index contributed by atoms with van der Waals surface area (Å²) in [6.45, 7) is 2.00. The van der Waals surface area contributed by atoms with Crippen molar-refractivity contribution in [3.05, 3.63) is 41.8 Å². The highest BCUT2D eigenvalue weighted by Gasteiger charge is 2.28. The van der Waals surface area contributed by atoms with Crippen molar-refractivity contribution < 1.29 is 21.8 Å². The van der Waals surface area contributed by atoms with E-state index in [9.17, 15) is 21.8 Å². The number of fused-ring (bicyclic) bond motifs is 1. The average molecular weight is 567 g/mol. The van der Waals surface area contributed by atoms with E-state index in [-0.39, 0.29) is 5.69 Å². The second kappa shape index (κ2) is 11.6. The largest absolute Gasteiger partial charge is 0.390 e. The number of aryl methyl sites for hydroxylation is 1. The highest BCUT2D eigenvalue weighted by Crippen LogP contribution is 2.29. The van der Waals surface area contributed by atoms with E-state index in [0.717, 1.165) is 36.8 Å². The highest BCUT2D eigenvalue weighted by molar-refractivity contribution is 8.01. The fraction of sp³-hybridized carbons (Fsp3) is 0.481. The first-order valence-electron chi connectivity index (χ1n) is 12.9. The van der Waals surface area contributed by atoms with Gasteiger partial charge in [0.2, 0.25) is 5.95 Å². The van der Waals surface area contributed by atoms with Gasteiger partial charge in [0, 0.05) is 33.1 Å². The molecule has 0 radical (unpaired) electrons. The lowest BCUT2D eigenvalue weighted by molar-refractivity contribution is -0.129. The Morgan fingerprint density at radius 1 is 1.13 bits per heavy atom. The Kier molecular flexibility index (Phi) is 8.65. The summed E-state index contributed by atoms with van der Waals surface area (Å²) in [5.41, 5.74) is 3.00. The lowest BCUT2D eigenvalue weighted by atomic mass is 9.91. The van der Waals surface area contributed by atoms with Crippen LogP contribution in [0.5, 0.6) is 0 Å². The molecule has 1 aromatic carbocycles. The van der Waals surface area contributed by atoms with Crippen molar-refractivity contribution in [1.29, 1.82) is 0 Å². The molecule has 0 amide bonds. The first-order chi connectivity index (χ1) is 18.3. The molecule has 1 fully saturated rings. The maximum Gasteiger partial charge on any atom is 0.390 e. The topological polar surface area (TPSA) is 83.0 Å². The van der Waals surface area contributed by atoms with Gasteiger partial charge in [-0.1, -0.05) is 13.0 Å². The van der Waals surface area contributed by atoms with E-state index in [0.29, 0.717) is 41.2 Å². The van der Waals surface area contributed by atoms with Crippen molar-refractivity contribution >= 4 is 38.2 Å². The van der Waals surface area contributed by atoms with E-state index in [2.05, 4.69) is 44.9 Å². The molecule has 1 aliphatic carbocycles. The quantitative estimate of drug-likeness (QED) is 0.256. The van der Waals surface area contributed by atoms with E-state index in [1.54, 1.807) is 12.3 Å². The number of hydrogen-bond donors (Lipinski definition) is 2. The molecule has 2 aromatic heterocycles. The number of pyridine rings is 1. The van der Waals surface area contributed by atoms with Gasteiger partial charge < -0.3 is 14.9 Å². The summed E-state index contributed by atoms with van der Waals surface area (Å²) < 4.78 is 67.1. The fourth-order valence-electron chi connectivity index (χ4n) is 4.78. The maximum atomic E-state index is 14.9. The Labute approximate surface area is 226 Å². The van der Waals surface area contributed by atoms with Crippen LogP contribution in [-0.2, 0) is 16.1 Å². The molecular weight excluding hydrogens is 532 g/mol. The molecule has 7 nitrogen and oxygen atoms in total. The van der Waals surface area contributed by atoms with Gasteiger partial charge in [0.05, 0.1) is 29.5 Å². The second-order valence-corrected chi connectivity index (χ2v) is 12.5. The van der Waals surface area contributed by atoms with Crippen LogP contribution in [0.4, 0.5) is 29.2 Å². The number of nitrogens with one attached hydrogen (secondary N) is 2. The molecule has 212 valence electrons. The summed E-state index contributed by atoms with van der Waals surface area (Å²) in [4.78, 5) is 16.1. The van der Waals surface area contributed by atoms with Gasteiger partial charge in [-0.3, -0.25) is 0 Å². The first kappa shape index (κ1) is 29.0. The van der Waals surface area contributed by atoms with E-state index >= 15 is 0 Å². The SMILES string of the molecule is C=S(=O)(CCC(F)(F)F)Nc1ccc(-c2cc(CC)c3nc(NC4CCC(N(C)C)CC4)ncc3n2)cc1F. The minimum absolute atomic E-state index is 0.184. The third-order valence-electron chi connectivity index (χ3n) is 7.04. The van der Waals surface area contributed by atoms with Crippen LogP contribution in [0.2, 0.25) is 0 Å².